The molecule has 1 aliphatic carbocycles. The van der Waals surface area contributed by atoms with Crippen LogP contribution in [0.2, 0.25) is 0 Å². The Hall–Kier alpha value is -2.70. The van der Waals surface area contributed by atoms with E-state index in [0.29, 0.717) is 24.5 Å². The highest BCUT2D eigenvalue weighted by molar-refractivity contribution is 6.39. The van der Waals surface area contributed by atoms with Gasteiger partial charge in [0.2, 0.25) is 0 Å². The molecule has 0 radical (unpaired) electrons. The van der Waals surface area contributed by atoms with Gasteiger partial charge >= 0.3 is 11.8 Å². The molecule has 2 amide bonds. The zero-order chi connectivity index (χ0) is 18.0. The molecule has 0 bridgehead atoms. The Kier molecular flexibility index (Phi) is 4.83. The van der Waals surface area contributed by atoms with Crippen LogP contribution in [-0.2, 0) is 22.7 Å². The minimum Gasteiger partial charge on any atom is -0.327 e. The molecule has 0 aromatic carbocycles. The van der Waals surface area contributed by atoms with Crippen molar-refractivity contribution in [2.45, 2.75) is 52.7 Å². The first kappa shape index (κ1) is 17.1. The van der Waals surface area contributed by atoms with Crippen LogP contribution >= 0.6 is 0 Å². The second kappa shape index (κ2) is 7.04. The lowest BCUT2D eigenvalue weighted by Gasteiger charge is -2.21. The minimum atomic E-state index is -0.613. The molecule has 0 unspecified atom stereocenters. The van der Waals surface area contributed by atoms with E-state index in [-0.39, 0.29) is 6.04 Å². The van der Waals surface area contributed by atoms with E-state index in [9.17, 15) is 9.59 Å². The fourth-order valence-corrected chi connectivity index (χ4v) is 2.92. The van der Waals surface area contributed by atoms with Gasteiger partial charge in [-0.05, 0) is 45.2 Å². The number of pyridine rings is 1. The lowest BCUT2D eigenvalue weighted by atomic mass is 10.2. The Balaban J connectivity index is 1.74. The summed E-state index contributed by atoms with van der Waals surface area (Å²) in [6.45, 7) is 6.81. The van der Waals surface area contributed by atoms with Crippen LogP contribution < -0.4 is 5.32 Å². The van der Waals surface area contributed by atoms with Crippen LogP contribution in [0.3, 0.4) is 0 Å². The van der Waals surface area contributed by atoms with Crippen LogP contribution in [0.5, 0.6) is 0 Å². The molecule has 1 fully saturated rings. The molecule has 0 saturated heterocycles. The predicted octanol–water partition coefficient (Wildman–Crippen LogP) is 2.04. The number of amides is 2. The lowest BCUT2D eigenvalue weighted by molar-refractivity contribution is -0.144. The second-order valence-electron chi connectivity index (χ2n) is 6.34. The SMILES string of the molecule is CCn1nc(C)c(NC(=O)C(=O)N(Cc2cccnc2)C2CC2)c1C. The van der Waals surface area contributed by atoms with Gasteiger partial charge in [-0.15, -0.1) is 0 Å². The van der Waals surface area contributed by atoms with Crippen molar-refractivity contribution in [1.82, 2.24) is 19.7 Å². The van der Waals surface area contributed by atoms with E-state index in [1.807, 2.05) is 37.6 Å². The summed E-state index contributed by atoms with van der Waals surface area (Å²) in [5.41, 5.74) is 3.11. The molecule has 1 N–H and O–H groups in total. The molecule has 0 spiro atoms. The second-order valence-corrected chi connectivity index (χ2v) is 6.34. The molecule has 7 heteroatoms. The van der Waals surface area contributed by atoms with Crippen LogP contribution in [0.1, 0.15) is 36.7 Å². The fraction of sp³-hybridized carbons (Fsp3) is 0.444. The maximum atomic E-state index is 12.7. The molecule has 2 heterocycles. The Morgan fingerprint density at radius 2 is 2.12 bits per heavy atom. The van der Waals surface area contributed by atoms with Gasteiger partial charge in [0.05, 0.1) is 17.1 Å². The van der Waals surface area contributed by atoms with Crippen LogP contribution in [0.4, 0.5) is 5.69 Å². The van der Waals surface area contributed by atoms with Crippen LogP contribution in [0.15, 0.2) is 24.5 Å². The average molecular weight is 341 g/mol. The molecular formula is C18H23N5O2. The maximum absolute atomic E-state index is 12.7. The minimum absolute atomic E-state index is 0.138. The lowest BCUT2D eigenvalue weighted by Crippen LogP contribution is -2.40. The number of hydrogen-bond donors (Lipinski definition) is 1. The summed E-state index contributed by atoms with van der Waals surface area (Å²) < 4.78 is 1.81. The first-order valence-electron chi connectivity index (χ1n) is 8.56. The molecule has 7 nitrogen and oxygen atoms in total. The highest BCUT2D eigenvalue weighted by Crippen LogP contribution is 2.29. The van der Waals surface area contributed by atoms with Gasteiger partial charge in [-0.3, -0.25) is 19.3 Å². The maximum Gasteiger partial charge on any atom is 0.314 e. The molecule has 132 valence electrons. The number of hydrogen-bond acceptors (Lipinski definition) is 4. The number of nitrogens with zero attached hydrogens (tertiary/aromatic N) is 4. The summed E-state index contributed by atoms with van der Waals surface area (Å²) in [5.74, 6) is -1.12. The van der Waals surface area contributed by atoms with E-state index in [2.05, 4.69) is 15.4 Å². The molecule has 2 aromatic heterocycles. The number of rotatable bonds is 5. The number of aryl methyl sites for hydroxylation is 2. The Morgan fingerprint density at radius 1 is 1.36 bits per heavy atom. The normalized spacial score (nSPS) is 13.6. The molecule has 25 heavy (non-hydrogen) atoms. The van der Waals surface area contributed by atoms with Crippen molar-refractivity contribution in [3.8, 4) is 0 Å². The van der Waals surface area contributed by atoms with E-state index >= 15 is 0 Å². The molecule has 3 rings (SSSR count). The van der Waals surface area contributed by atoms with Gasteiger partial charge in [0.1, 0.15) is 0 Å². The quantitative estimate of drug-likeness (QED) is 0.844. The average Bonchev–Trinajstić information content (AvgIpc) is 3.42. The van der Waals surface area contributed by atoms with Crippen molar-refractivity contribution >= 4 is 17.5 Å². The zero-order valence-corrected chi connectivity index (χ0v) is 14.8. The van der Waals surface area contributed by atoms with Crippen LogP contribution in [-0.4, -0.2) is 37.5 Å². The summed E-state index contributed by atoms with van der Waals surface area (Å²) in [5, 5.41) is 7.12. The van der Waals surface area contributed by atoms with Crippen molar-refractivity contribution in [3.63, 3.8) is 0 Å². The van der Waals surface area contributed by atoms with E-state index in [0.717, 1.165) is 24.1 Å². The monoisotopic (exact) mass is 341 g/mol. The van der Waals surface area contributed by atoms with E-state index in [1.54, 1.807) is 17.3 Å². The van der Waals surface area contributed by atoms with E-state index in [4.69, 9.17) is 0 Å². The fourth-order valence-electron chi connectivity index (χ4n) is 2.92. The van der Waals surface area contributed by atoms with Gasteiger partial charge in [-0.2, -0.15) is 5.10 Å². The smallest absolute Gasteiger partial charge is 0.314 e. The third-order valence-electron chi connectivity index (χ3n) is 4.44. The molecule has 2 aromatic rings. The van der Waals surface area contributed by atoms with Gasteiger partial charge in [0.25, 0.3) is 0 Å². The summed E-state index contributed by atoms with van der Waals surface area (Å²) in [6.07, 6.45) is 5.28. The third-order valence-corrected chi connectivity index (χ3v) is 4.44. The van der Waals surface area contributed by atoms with Crippen LogP contribution in [0.25, 0.3) is 0 Å². The van der Waals surface area contributed by atoms with Crippen molar-refractivity contribution < 1.29 is 9.59 Å². The highest BCUT2D eigenvalue weighted by atomic mass is 16.2. The van der Waals surface area contributed by atoms with Gasteiger partial charge in [0.15, 0.2) is 0 Å². The molecular weight excluding hydrogens is 318 g/mol. The molecule has 1 saturated carbocycles. The first-order chi connectivity index (χ1) is 12.0. The summed E-state index contributed by atoms with van der Waals surface area (Å²) >= 11 is 0. The number of nitrogens with one attached hydrogen (secondary N) is 1. The summed E-state index contributed by atoms with van der Waals surface area (Å²) in [6, 6.07) is 3.88. The van der Waals surface area contributed by atoms with Crippen molar-refractivity contribution in [3.05, 3.63) is 41.5 Å². The summed E-state index contributed by atoms with van der Waals surface area (Å²) in [4.78, 5) is 30.9. The van der Waals surface area contributed by atoms with E-state index in [1.165, 1.54) is 0 Å². The van der Waals surface area contributed by atoms with Gasteiger partial charge in [0, 0.05) is 31.5 Å². The molecule has 1 aliphatic rings. The van der Waals surface area contributed by atoms with Gasteiger partial charge in [-0.1, -0.05) is 6.07 Å². The number of carbonyl (C=O) groups excluding carboxylic acids is 2. The van der Waals surface area contributed by atoms with E-state index < -0.39 is 11.8 Å². The number of carbonyl (C=O) groups is 2. The topological polar surface area (TPSA) is 80.1 Å². The number of anilines is 1. The predicted molar refractivity (Wildman–Crippen MR) is 93.8 cm³/mol. The highest BCUT2D eigenvalue weighted by Gasteiger charge is 2.36. The largest absolute Gasteiger partial charge is 0.327 e. The van der Waals surface area contributed by atoms with Crippen LogP contribution in [0, 0.1) is 13.8 Å². The van der Waals surface area contributed by atoms with Crippen molar-refractivity contribution in [2.24, 2.45) is 0 Å². The number of aromatic nitrogens is 3. The first-order valence-corrected chi connectivity index (χ1v) is 8.56. The Bertz CT molecular complexity index is 780. The van der Waals surface area contributed by atoms with Gasteiger partial charge < -0.3 is 10.2 Å². The van der Waals surface area contributed by atoms with Crippen molar-refractivity contribution in [2.75, 3.05) is 5.32 Å². The molecule has 0 aliphatic heterocycles. The third kappa shape index (κ3) is 3.70. The van der Waals surface area contributed by atoms with Gasteiger partial charge in [-0.25, -0.2) is 0 Å². The molecule has 0 atom stereocenters. The Labute approximate surface area is 147 Å². The standard InChI is InChI=1S/C18H23N5O2/c1-4-23-13(3)16(12(2)21-23)20-17(24)18(25)22(15-7-8-15)11-14-6-5-9-19-10-14/h5-6,9-10,15H,4,7-8,11H2,1-3H3,(H,20,24). The zero-order valence-electron chi connectivity index (χ0n) is 14.8. The Morgan fingerprint density at radius 3 is 2.68 bits per heavy atom. The summed E-state index contributed by atoms with van der Waals surface area (Å²) in [7, 11) is 0. The van der Waals surface area contributed by atoms with Crippen molar-refractivity contribution in [1.29, 1.82) is 0 Å².